The van der Waals surface area contributed by atoms with Gasteiger partial charge in [0.25, 0.3) is 0 Å². The second-order valence-electron chi connectivity index (χ2n) is 5.08. The highest BCUT2D eigenvalue weighted by molar-refractivity contribution is 5.83. The average Bonchev–Trinajstić information content (AvgIpc) is 2.58. The van der Waals surface area contributed by atoms with Crippen molar-refractivity contribution in [3.63, 3.8) is 0 Å². The van der Waals surface area contributed by atoms with Gasteiger partial charge in [0.05, 0.1) is 4.92 Å². The monoisotopic (exact) mass is 327 g/mol. The van der Waals surface area contributed by atoms with Gasteiger partial charge in [-0.05, 0) is 29.0 Å². The number of rotatable bonds is 6. The van der Waals surface area contributed by atoms with Gasteiger partial charge in [0.15, 0.2) is 5.75 Å². The van der Waals surface area contributed by atoms with Crippen LogP contribution in [0.1, 0.15) is 0 Å². The molecule has 0 aromatic heterocycles. The minimum atomic E-state index is -0.612. The standard InChI is InChI=1S/C18H14FNO4/c19-15-6-8-17(20(21)22)18(12-15)24-10-9-23-16-7-5-13-3-1-2-4-14(13)11-16/h1-8,11-12H,9-10H2. The number of halogens is 1. The quantitative estimate of drug-likeness (QED) is 0.384. The Balaban J connectivity index is 1.60. The average molecular weight is 327 g/mol. The molecule has 0 bridgehead atoms. The number of fused-ring (bicyclic) bond motifs is 1. The minimum absolute atomic E-state index is 0.0666. The Morgan fingerprint density at radius 2 is 1.67 bits per heavy atom. The first kappa shape index (κ1) is 15.7. The van der Waals surface area contributed by atoms with Gasteiger partial charge < -0.3 is 9.47 Å². The molecule has 3 rings (SSSR count). The van der Waals surface area contributed by atoms with E-state index < -0.39 is 10.7 Å². The van der Waals surface area contributed by atoms with Crippen LogP contribution in [0, 0.1) is 15.9 Å². The summed E-state index contributed by atoms with van der Waals surface area (Å²) in [6.45, 7) is 0.253. The molecule has 0 heterocycles. The van der Waals surface area contributed by atoms with Gasteiger partial charge in [0.1, 0.15) is 24.8 Å². The van der Waals surface area contributed by atoms with Gasteiger partial charge in [-0.15, -0.1) is 0 Å². The van der Waals surface area contributed by atoms with Crippen molar-refractivity contribution in [3.8, 4) is 11.5 Å². The second kappa shape index (κ2) is 6.95. The van der Waals surface area contributed by atoms with Gasteiger partial charge in [-0.25, -0.2) is 4.39 Å². The Labute approximate surface area is 137 Å². The summed E-state index contributed by atoms with van der Waals surface area (Å²) in [5.74, 6) is -0.0285. The van der Waals surface area contributed by atoms with Crippen LogP contribution in [0.3, 0.4) is 0 Å². The number of benzene rings is 3. The lowest BCUT2D eigenvalue weighted by Gasteiger charge is -2.09. The Kier molecular flexibility index (Phi) is 4.56. The third-order valence-electron chi connectivity index (χ3n) is 3.45. The van der Waals surface area contributed by atoms with Gasteiger partial charge in [0, 0.05) is 12.1 Å². The molecule has 0 N–H and O–H groups in total. The minimum Gasteiger partial charge on any atom is -0.490 e. The highest BCUT2D eigenvalue weighted by Crippen LogP contribution is 2.27. The van der Waals surface area contributed by atoms with Gasteiger partial charge in [-0.3, -0.25) is 10.1 Å². The van der Waals surface area contributed by atoms with Crippen molar-refractivity contribution in [2.75, 3.05) is 13.2 Å². The molecule has 3 aromatic rings. The Morgan fingerprint density at radius 1 is 0.917 bits per heavy atom. The Hall–Kier alpha value is -3.15. The molecule has 0 unspecified atom stereocenters. The van der Waals surface area contributed by atoms with Crippen molar-refractivity contribution in [2.45, 2.75) is 0 Å². The lowest BCUT2D eigenvalue weighted by molar-refractivity contribution is -0.385. The van der Waals surface area contributed by atoms with Crippen LogP contribution in [0.15, 0.2) is 60.7 Å². The summed E-state index contributed by atoms with van der Waals surface area (Å²) in [5.41, 5.74) is -0.276. The zero-order chi connectivity index (χ0) is 16.9. The molecule has 0 aliphatic carbocycles. The molecular formula is C18H14FNO4. The third kappa shape index (κ3) is 3.60. The predicted molar refractivity (Wildman–Crippen MR) is 88.0 cm³/mol. The van der Waals surface area contributed by atoms with Crippen molar-refractivity contribution in [2.24, 2.45) is 0 Å². The van der Waals surface area contributed by atoms with Crippen LogP contribution in [0.2, 0.25) is 0 Å². The van der Waals surface area contributed by atoms with Gasteiger partial charge >= 0.3 is 5.69 Å². The van der Waals surface area contributed by atoms with E-state index in [1.165, 1.54) is 0 Å². The first-order valence-electron chi connectivity index (χ1n) is 7.32. The van der Waals surface area contributed by atoms with Gasteiger partial charge in [0.2, 0.25) is 0 Å². The van der Waals surface area contributed by atoms with E-state index in [1.807, 2.05) is 42.5 Å². The second-order valence-corrected chi connectivity index (χ2v) is 5.08. The van der Waals surface area contributed by atoms with E-state index in [0.717, 1.165) is 29.0 Å². The molecule has 3 aromatic carbocycles. The molecule has 0 fully saturated rings. The van der Waals surface area contributed by atoms with E-state index in [4.69, 9.17) is 9.47 Å². The van der Waals surface area contributed by atoms with Crippen LogP contribution in [0.25, 0.3) is 10.8 Å². The van der Waals surface area contributed by atoms with Crippen LogP contribution >= 0.6 is 0 Å². The largest absolute Gasteiger partial charge is 0.490 e. The smallest absolute Gasteiger partial charge is 0.311 e. The molecular weight excluding hydrogens is 313 g/mol. The zero-order valence-corrected chi connectivity index (χ0v) is 12.6. The van der Waals surface area contributed by atoms with Gasteiger partial charge in [-0.1, -0.05) is 30.3 Å². The van der Waals surface area contributed by atoms with Crippen molar-refractivity contribution in [1.29, 1.82) is 0 Å². The summed E-state index contributed by atoms with van der Waals surface area (Å²) in [6.07, 6.45) is 0. The molecule has 0 saturated heterocycles. The van der Waals surface area contributed by atoms with Crippen molar-refractivity contribution in [3.05, 3.63) is 76.6 Å². The van der Waals surface area contributed by atoms with Crippen LogP contribution in [0.5, 0.6) is 11.5 Å². The molecule has 0 aliphatic rings. The van der Waals surface area contributed by atoms with Crippen molar-refractivity contribution < 1.29 is 18.8 Å². The molecule has 24 heavy (non-hydrogen) atoms. The molecule has 122 valence electrons. The van der Waals surface area contributed by atoms with E-state index >= 15 is 0 Å². The molecule has 0 atom stereocenters. The van der Waals surface area contributed by atoms with E-state index in [0.29, 0.717) is 5.75 Å². The summed E-state index contributed by atoms with van der Waals surface area (Å²) in [6, 6.07) is 16.7. The molecule has 0 spiro atoms. The fourth-order valence-electron chi connectivity index (χ4n) is 2.32. The number of nitrogens with zero attached hydrogens (tertiary/aromatic N) is 1. The van der Waals surface area contributed by atoms with E-state index in [2.05, 4.69) is 0 Å². The van der Waals surface area contributed by atoms with E-state index in [1.54, 1.807) is 0 Å². The summed E-state index contributed by atoms with van der Waals surface area (Å²) < 4.78 is 24.1. The molecule has 0 saturated carbocycles. The Morgan fingerprint density at radius 3 is 2.46 bits per heavy atom. The third-order valence-corrected chi connectivity index (χ3v) is 3.45. The fourth-order valence-corrected chi connectivity index (χ4v) is 2.32. The molecule has 0 amide bonds. The summed E-state index contributed by atoms with van der Waals surface area (Å²) in [7, 11) is 0. The molecule has 0 radical (unpaired) electrons. The zero-order valence-electron chi connectivity index (χ0n) is 12.6. The first-order valence-corrected chi connectivity index (χ1v) is 7.32. The van der Waals surface area contributed by atoms with Crippen LogP contribution in [-0.4, -0.2) is 18.1 Å². The lowest BCUT2D eigenvalue weighted by Crippen LogP contribution is -2.10. The Bertz CT molecular complexity index is 882. The van der Waals surface area contributed by atoms with E-state index in [-0.39, 0.29) is 24.7 Å². The maximum atomic E-state index is 13.2. The van der Waals surface area contributed by atoms with E-state index in [9.17, 15) is 14.5 Å². The van der Waals surface area contributed by atoms with Crippen molar-refractivity contribution >= 4 is 16.5 Å². The summed E-state index contributed by atoms with van der Waals surface area (Å²) >= 11 is 0. The number of nitro groups is 1. The number of hydrogen-bond acceptors (Lipinski definition) is 4. The number of ether oxygens (including phenoxy) is 2. The molecule has 5 nitrogen and oxygen atoms in total. The van der Waals surface area contributed by atoms with Crippen molar-refractivity contribution in [1.82, 2.24) is 0 Å². The lowest BCUT2D eigenvalue weighted by atomic mass is 10.1. The molecule has 6 heteroatoms. The number of nitro benzene ring substituents is 1. The normalized spacial score (nSPS) is 10.5. The van der Waals surface area contributed by atoms with Crippen LogP contribution in [-0.2, 0) is 0 Å². The van der Waals surface area contributed by atoms with Crippen LogP contribution < -0.4 is 9.47 Å². The fraction of sp³-hybridized carbons (Fsp3) is 0.111. The summed E-state index contributed by atoms with van der Waals surface area (Å²) in [5, 5.41) is 13.0. The van der Waals surface area contributed by atoms with Crippen LogP contribution in [0.4, 0.5) is 10.1 Å². The number of hydrogen-bond donors (Lipinski definition) is 0. The first-order chi connectivity index (χ1) is 11.6. The van der Waals surface area contributed by atoms with Gasteiger partial charge in [-0.2, -0.15) is 0 Å². The topological polar surface area (TPSA) is 61.6 Å². The SMILES string of the molecule is O=[N+]([O-])c1ccc(F)cc1OCCOc1ccc2ccccc2c1. The summed E-state index contributed by atoms with van der Waals surface area (Å²) in [4.78, 5) is 10.3. The maximum Gasteiger partial charge on any atom is 0.311 e. The predicted octanol–water partition coefficient (Wildman–Crippen LogP) is 4.34. The molecule has 0 aliphatic heterocycles. The maximum absolute atomic E-state index is 13.2. The highest BCUT2D eigenvalue weighted by atomic mass is 19.1. The highest BCUT2D eigenvalue weighted by Gasteiger charge is 2.15.